The van der Waals surface area contributed by atoms with Crippen LogP contribution in [0, 0.1) is 0 Å². The van der Waals surface area contributed by atoms with E-state index in [1.165, 1.54) is 0 Å². The fourth-order valence-electron chi connectivity index (χ4n) is 2.21. The Bertz CT molecular complexity index is 531. The van der Waals surface area contributed by atoms with Gasteiger partial charge in [-0.05, 0) is 24.6 Å². The maximum Gasteiger partial charge on any atom is 0.112 e. The largest absolute Gasteiger partial charge is 0.399 e. The molecule has 0 spiro atoms. The van der Waals surface area contributed by atoms with E-state index in [1.54, 1.807) is 7.11 Å². The van der Waals surface area contributed by atoms with Crippen LogP contribution in [0.25, 0.3) is 11.0 Å². The first kappa shape index (κ1) is 12.9. The van der Waals surface area contributed by atoms with Crippen LogP contribution in [0.5, 0.6) is 0 Å². The Morgan fingerprint density at radius 3 is 2.83 bits per heavy atom. The third kappa shape index (κ3) is 2.48. The third-order valence-corrected chi connectivity index (χ3v) is 3.05. The van der Waals surface area contributed by atoms with Gasteiger partial charge in [0.05, 0.1) is 11.0 Å². The van der Waals surface area contributed by atoms with E-state index in [0.29, 0.717) is 5.92 Å². The summed E-state index contributed by atoms with van der Waals surface area (Å²) in [6.45, 7) is 6.03. The van der Waals surface area contributed by atoms with Gasteiger partial charge in [0.1, 0.15) is 5.82 Å². The monoisotopic (exact) mass is 247 g/mol. The number of fused-ring (bicyclic) bond motifs is 1. The van der Waals surface area contributed by atoms with Crippen molar-refractivity contribution >= 4 is 16.7 Å². The second-order valence-corrected chi connectivity index (χ2v) is 4.87. The summed E-state index contributed by atoms with van der Waals surface area (Å²) >= 11 is 0. The molecule has 0 saturated heterocycles. The van der Waals surface area contributed by atoms with E-state index in [9.17, 15) is 0 Å². The van der Waals surface area contributed by atoms with Crippen LogP contribution < -0.4 is 5.73 Å². The van der Waals surface area contributed by atoms with E-state index in [1.807, 2.05) is 12.1 Å². The highest BCUT2D eigenvalue weighted by Gasteiger charge is 2.13. The Morgan fingerprint density at radius 1 is 1.39 bits per heavy atom. The zero-order valence-corrected chi connectivity index (χ0v) is 11.3. The number of hydrogen-bond donors (Lipinski definition) is 1. The van der Waals surface area contributed by atoms with Gasteiger partial charge in [0, 0.05) is 31.9 Å². The summed E-state index contributed by atoms with van der Waals surface area (Å²) in [5.74, 6) is 1.52. The van der Waals surface area contributed by atoms with E-state index < -0.39 is 0 Å². The van der Waals surface area contributed by atoms with E-state index in [2.05, 4.69) is 24.5 Å². The number of ether oxygens (including phenoxy) is 1. The Kier molecular flexibility index (Phi) is 3.87. The summed E-state index contributed by atoms with van der Waals surface area (Å²) in [6, 6.07) is 5.92. The lowest BCUT2D eigenvalue weighted by Crippen LogP contribution is -2.07. The number of benzene rings is 1. The molecule has 0 aliphatic rings. The fraction of sp³-hybridized carbons (Fsp3) is 0.500. The van der Waals surface area contributed by atoms with Gasteiger partial charge in [0.15, 0.2) is 0 Å². The summed E-state index contributed by atoms with van der Waals surface area (Å²) in [5.41, 5.74) is 8.71. The highest BCUT2D eigenvalue weighted by Crippen LogP contribution is 2.23. The van der Waals surface area contributed by atoms with Crippen LogP contribution in [0.3, 0.4) is 0 Å². The molecule has 1 aromatic heterocycles. The minimum atomic E-state index is 0.404. The third-order valence-electron chi connectivity index (χ3n) is 3.05. The van der Waals surface area contributed by atoms with Crippen molar-refractivity contribution in [2.75, 3.05) is 19.5 Å². The van der Waals surface area contributed by atoms with Gasteiger partial charge in [0.25, 0.3) is 0 Å². The van der Waals surface area contributed by atoms with Crippen LogP contribution >= 0.6 is 0 Å². The van der Waals surface area contributed by atoms with Crippen molar-refractivity contribution < 1.29 is 4.74 Å². The van der Waals surface area contributed by atoms with E-state index in [-0.39, 0.29) is 0 Å². The second-order valence-electron chi connectivity index (χ2n) is 4.87. The molecule has 2 rings (SSSR count). The minimum Gasteiger partial charge on any atom is -0.399 e. The Morgan fingerprint density at radius 2 is 2.17 bits per heavy atom. The first-order valence-corrected chi connectivity index (χ1v) is 6.38. The highest BCUT2D eigenvalue weighted by atomic mass is 16.5. The summed E-state index contributed by atoms with van der Waals surface area (Å²) in [7, 11) is 1.73. The Balaban J connectivity index is 2.42. The molecule has 4 heteroatoms. The van der Waals surface area contributed by atoms with Gasteiger partial charge in [-0.2, -0.15) is 0 Å². The topological polar surface area (TPSA) is 53.1 Å². The summed E-state index contributed by atoms with van der Waals surface area (Å²) in [4.78, 5) is 4.69. The van der Waals surface area contributed by atoms with Crippen LogP contribution in [0.4, 0.5) is 5.69 Å². The number of nitrogen functional groups attached to an aromatic ring is 1. The minimum absolute atomic E-state index is 0.404. The molecule has 0 amide bonds. The maximum atomic E-state index is 5.81. The number of methoxy groups -OCH3 is 1. The summed E-state index contributed by atoms with van der Waals surface area (Å²) in [6.07, 6.45) is 0.992. The van der Waals surface area contributed by atoms with Gasteiger partial charge in [0.2, 0.25) is 0 Å². The SMILES string of the molecule is COCCCn1c(C(C)C)nc2cc(N)ccc21. The smallest absolute Gasteiger partial charge is 0.112 e. The first-order valence-electron chi connectivity index (χ1n) is 6.38. The number of nitrogens with two attached hydrogens (primary N) is 1. The van der Waals surface area contributed by atoms with Crippen LogP contribution in [0.1, 0.15) is 32.0 Å². The lowest BCUT2D eigenvalue weighted by molar-refractivity contribution is 0.190. The molecule has 2 aromatic rings. The molecule has 1 heterocycles. The molecule has 0 atom stereocenters. The van der Waals surface area contributed by atoms with E-state index in [4.69, 9.17) is 15.5 Å². The lowest BCUT2D eigenvalue weighted by atomic mass is 10.2. The first-order chi connectivity index (χ1) is 8.63. The van der Waals surface area contributed by atoms with E-state index >= 15 is 0 Å². The number of anilines is 1. The van der Waals surface area contributed by atoms with Crippen molar-refractivity contribution in [2.45, 2.75) is 32.7 Å². The molecule has 0 bridgehead atoms. The zero-order valence-electron chi connectivity index (χ0n) is 11.3. The summed E-state index contributed by atoms with van der Waals surface area (Å²) < 4.78 is 7.39. The lowest BCUT2D eigenvalue weighted by Gasteiger charge is -2.11. The van der Waals surface area contributed by atoms with Crippen LogP contribution in [0.15, 0.2) is 18.2 Å². The van der Waals surface area contributed by atoms with Gasteiger partial charge in [-0.25, -0.2) is 4.98 Å². The van der Waals surface area contributed by atoms with Crippen LogP contribution in [-0.4, -0.2) is 23.3 Å². The molecular weight excluding hydrogens is 226 g/mol. The van der Waals surface area contributed by atoms with Crippen molar-refractivity contribution in [3.63, 3.8) is 0 Å². The molecule has 0 unspecified atom stereocenters. The summed E-state index contributed by atoms with van der Waals surface area (Å²) in [5, 5.41) is 0. The number of rotatable bonds is 5. The zero-order chi connectivity index (χ0) is 13.1. The van der Waals surface area contributed by atoms with Gasteiger partial charge >= 0.3 is 0 Å². The molecular formula is C14H21N3O. The van der Waals surface area contributed by atoms with Crippen LogP contribution in [0.2, 0.25) is 0 Å². The van der Waals surface area contributed by atoms with Crippen LogP contribution in [-0.2, 0) is 11.3 Å². The molecule has 2 N–H and O–H groups in total. The average Bonchev–Trinajstić information content (AvgIpc) is 2.68. The average molecular weight is 247 g/mol. The predicted octanol–water partition coefficient (Wildman–Crippen LogP) is 2.78. The molecule has 0 radical (unpaired) electrons. The van der Waals surface area contributed by atoms with E-state index in [0.717, 1.165) is 42.1 Å². The number of hydrogen-bond acceptors (Lipinski definition) is 3. The molecule has 0 aliphatic carbocycles. The van der Waals surface area contributed by atoms with Crippen molar-refractivity contribution in [3.05, 3.63) is 24.0 Å². The number of aryl methyl sites for hydroxylation is 1. The standard InChI is InChI=1S/C14H21N3O/c1-10(2)14-16-12-9-11(15)5-6-13(12)17(14)7-4-8-18-3/h5-6,9-10H,4,7-8,15H2,1-3H3. The van der Waals surface area contributed by atoms with Crippen molar-refractivity contribution in [2.24, 2.45) is 0 Å². The molecule has 18 heavy (non-hydrogen) atoms. The van der Waals surface area contributed by atoms with Gasteiger partial charge in [-0.15, -0.1) is 0 Å². The fourth-order valence-corrected chi connectivity index (χ4v) is 2.21. The molecule has 4 nitrogen and oxygen atoms in total. The van der Waals surface area contributed by atoms with Gasteiger partial charge in [-0.3, -0.25) is 0 Å². The normalized spacial score (nSPS) is 11.6. The quantitative estimate of drug-likeness (QED) is 0.653. The molecule has 0 saturated carbocycles. The molecule has 1 aromatic carbocycles. The van der Waals surface area contributed by atoms with Gasteiger partial charge < -0.3 is 15.0 Å². The van der Waals surface area contributed by atoms with Gasteiger partial charge in [-0.1, -0.05) is 13.8 Å². The molecule has 98 valence electrons. The predicted molar refractivity (Wildman–Crippen MR) is 74.7 cm³/mol. The molecule has 0 fully saturated rings. The van der Waals surface area contributed by atoms with Crippen molar-refractivity contribution in [3.8, 4) is 0 Å². The highest BCUT2D eigenvalue weighted by molar-refractivity contribution is 5.79. The Labute approximate surface area is 108 Å². The Hall–Kier alpha value is -1.55. The maximum absolute atomic E-state index is 5.81. The number of aromatic nitrogens is 2. The number of imidazole rings is 1. The van der Waals surface area contributed by atoms with Crippen molar-refractivity contribution in [1.82, 2.24) is 9.55 Å². The number of nitrogens with zero attached hydrogens (tertiary/aromatic N) is 2. The second kappa shape index (κ2) is 5.40. The van der Waals surface area contributed by atoms with Crippen molar-refractivity contribution in [1.29, 1.82) is 0 Å². The molecule has 0 aliphatic heterocycles.